The fraction of sp³-hybridized carbons (Fsp3) is 0.250. The molecule has 3 rings (SSSR count). The number of aliphatic hydroxyl groups is 1. The molecule has 0 fully saturated rings. The molecule has 0 amide bonds. The van der Waals surface area contributed by atoms with E-state index in [0.29, 0.717) is 28.5 Å². The molecule has 25 heavy (non-hydrogen) atoms. The average Bonchev–Trinajstić information content (AvgIpc) is 3.04. The van der Waals surface area contributed by atoms with Crippen molar-refractivity contribution in [2.45, 2.75) is 20.5 Å². The molecular formula is C20H21NO4. The van der Waals surface area contributed by atoms with Gasteiger partial charge in [0.1, 0.15) is 17.2 Å². The topological polar surface area (TPSA) is 64.7 Å². The first kappa shape index (κ1) is 17.0. The molecule has 1 heterocycles. The van der Waals surface area contributed by atoms with E-state index in [9.17, 15) is 5.11 Å². The van der Waals surface area contributed by atoms with Crippen molar-refractivity contribution in [3.63, 3.8) is 0 Å². The molecule has 0 atom stereocenters. The first-order chi connectivity index (χ1) is 12.1. The Morgan fingerprint density at radius 2 is 1.72 bits per heavy atom. The van der Waals surface area contributed by atoms with Crippen LogP contribution in [0, 0.1) is 13.8 Å². The summed E-state index contributed by atoms with van der Waals surface area (Å²) in [5.74, 6) is 1.86. The Balaban J connectivity index is 2.15. The van der Waals surface area contributed by atoms with Crippen LogP contribution in [0.1, 0.15) is 16.7 Å². The Morgan fingerprint density at radius 3 is 2.32 bits per heavy atom. The quantitative estimate of drug-likeness (QED) is 0.757. The molecule has 1 aromatic heterocycles. The normalized spacial score (nSPS) is 10.8. The van der Waals surface area contributed by atoms with E-state index in [1.807, 2.05) is 38.1 Å². The zero-order chi connectivity index (χ0) is 18.0. The molecular weight excluding hydrogens is 318 g/mol. The van der Waals surface area contributed by atoms with Crippen molar-refractivity contribution in [3.05, 3.63) is 53.1 Å². The van der Waals surface area contributed by atoms with Crippen molar-refractivity contribution in [1.82, 2.24) is 5.16 Å². The molecule has 0 unspecified atom stereocenters. The van der Waals surface area contributed by atoms with Crippen molar-refractivity contribution in [2.24, 2.45) is 0 Å². The van der Waals surface area contributed by atoms with Gasteiger partial charge in [-0.2, -0.15) is 0 Å². The third-order valence-electron chi connectivity index (χ3n) is 4.09. The van der Waals surface area contributed by atoms with Crippen molar-refractivity contribution >= 4 is 0 Å². The molecule has 0 aliphatic rings. The van der Waals surface area contributed by atoms with Gasteiger partial charge in [0.15, 0.2) is 5.76 Å². The summed E-state index contributed by atoms with van der Waals surface area (Å²) in [5.41, 5.74) is 5.09. The van der Waals surface area contributed by atoms with Crippen LogP contribution in [0.3, 0.4) is 0 Å². The van der Waals surface area contributed by atoms with Gasteiger partial charge in [0, 0.05) is 17.2 Å². The highest BCUT2D eigenvalue weighted by Crippen LogP contribution is 2.38. The predicted octanol–water partition coefficient (Wildman–Crippen LogP) is 4.13. The lowest BCUT2D eigenvalue weighted by Gasteiger charge is -2.09. The van der Waals surface area contributed by atoms with Gasteiger partial charge in [-0.25, -0.2) is 0 Å². The average molecular weight is 339 g/mol. The summed E-state index contributed by atoms with van der Waals surface area (Å²) in [6.07, 6.45) is 0. The van der Waals surface area contributed by atoms with Gasteiger partial charge in [-0.1, -0.05) is 22.3 Å². The molecule has 5 nitrogen and oxygen atoms in total. The number of nitrogens with zero attached hydrogens (tertiary/aromatic N) is 1. The number of rotatable bonds is 5. The van der Waals surface area contributed by atoms with E-state index >= 15 is 0 Å². The highest BCUT2D eigenvalue weighted by atomic mass is 16.5. The van der Waals surface area contributed by atoms with Crippen LogP contribution < -0.4 is 9.47 Å². The highest BCUT2D eigenvalue weighted by molar-refractivity contribution is 5.77. The smallest absolute Gasteiger partial charge is 0.173 e. The molecule has 5 heteroatoms. The van der Waals surface area contributed by atoms with Crippen molar-refractivity contribution in [2.75, 3.05) is 14.2 Å². The number of ether oxygens (including phenoxy) is 2. The fourth-order valence-corrected chi connectivity index (χ4v) is 2.99. The zero-order valence-corrected chi connectivity index (χ0v) is 14.8. The molecule has 0 aliphatic heterocycles. The first-order valence-electron chi connectivity index (χ1n) is 7.97. The van der Waals surface area contributed by atoms with Gasteiger partial charge in [0.2, 0.25) is 0 Å². The number of hydrogen-bond donors (Lipinski definition) is 1. The number of benzene rings is 2. The number of methoxy groups -OCH3 is 2. The largest absolute Gasteiger partial charge is 0.497 e. The summed E-state index contributed by atoms with van der Waals surface area (Å²) in [6, 6.07) is 11.6. The second kappa shape index (κ2) is 6.99. The molecule has 0 radical (unpaired) electrons. The van der Waals surface area contributed by atoms with E-state index in [1.165, 1.54) is 0 Å². The molecule has 3 aromatic rings. The van der Waals surface area contributed by atoms with E-state index in [2.05, 4.69) is 11.2 Å². The van der Waals surface area contributed by atoms with Crippen LogP contribution in [-0.4, -0.2) is 24.5 Å². The summed E-state index contributed by atoms with van der Waals surface area (Å²) in [6.45, 7) is 3.87. The lowest BCUT2D eigenvalue weighted by atomic mass is 9.99. The first-order valence-corrected chi connectivity index (χ1v) is 7.97. The van der Waals surface area contributed by atoms with Gasteiger partial charge in [0.25, 0.3) is 0 Å². The lowest BCUT2D eigenvalue weighted by Crippen LogP contribution is -1.94. The Hall–Kier alpha value is -2.79. The zero-order valence-electron chi connectivity index (χ0n) is 14.8. The van der Waals surface area contributed by atoms with Gasteiger partial charge in [-0.3, -0.25) is 0 Å². The molecule has 130 valence electrons. The maximum absolute atomic E-state index is 9.95. The van der Waals surface area contributed by atoms with E-state index in [-0.39, 0.29) is 6.61 Å². The number of aromatic nitrogens is 1. The Bertz CT molecular complexity index is 878. The summed E-state index contributed by atoms with van der Waals surface area (Å²) in [7, 11) is 3.18. The van der Waals surface area contributed by atoms with Crippen LogP contribution in [0.5, 0.6) is 11.5 Å². The third-order valence-corrected chi connectivity index (χ3v) is 4.09. The molecule has 0 bridgehead atoms. The van der Waals surface area contributed by atoms with Crippen molar-refractivity contribution in [1.29, 1.82) is 0 Å². The number of aliphatic hydroxyl groups excluding tert-OH is 1. The van der Waals surface area contributed by atoms with Gasteiger partial charge in [0.05, 0.1) is 26.4 Å². The molecule has 0 saturated carbocycles. The van der Waals surface area contributed by atoms with Crippen LogP contribution >= 0.6 is 0 Å². The van der Waals surface area contributed by atoms with Gasteiger partial charge in [-0.05, 0) is 38.1 Å². The number of aryl methyl sites for hydroxylation is 2. The predicted molar refractivity (Wildman–Crippen MR) is 95.9 cm³/mol. The monoisotopic (exact) mass is 339 g/mol. The van der Waals surface area contributed by atoms with Gasteiger partial charge >= 0.3 is 0 Å². The van der Waals surface area contributed by atoms with Crippen LogP contribution in [0.4, 0.5) is 0 Å². The van der Waals surface area contributed by atoms with Crippen molar-refractivity contribution < 1.29 is 19.1 Å². The maximum atomic E-state index is 9.95. The van der Waals surface area contributed by atoms with Crippen LogP contribution in [0.15, 0.2) is 40.9 Å². The van der Waals surface area contributed by atoms with Crippen LogP contribution in [0.25, 0.3) is 22.6 Å². The van der Waals surface area contributed by atoms with Crippen LogP contribution in [0.2, 0.25) is 0 Å². The molecule has 1 N–H and O–H groups in total. The minimum absolute atomic E-state index is 0.184. The summed E-state index contributed by atoms with van der Waals surface area (Å²) < 4.78 is 16.3. The summed E-state index contributed by atoms with van der Waals surface area (Å²) >= 11 is 0. The Morgan fingerprint density at radius 1 is 1.00 bits per heavy atom. The highest BCUT2D eigenvalue weighted by Gasteiger charge is 2.21. The minimum Gasteiger partial charge on any atom is -0.497 e. The molecule has 0 spiro atoms. The number of hydrogen-bond acceptors (Lipinski definition) is 5. The van der Waals surface area contributed by atoms with E-state index in [1.54, 1.807) is 20.3 Å². The lowest BCUT2D eigenvalue weighted by molar-refractivity contribution is 0.281. The second-order valence-electron chi connectivity index (χ2n) is 5.94. The van der Waals surface area contributed by atoms with E-state index < -0.39 is 0 Å². The van der Waals surface area contributed by atoms with E-state index in [4.69, 9.17) is 14.0 Å². The fourth-order valence-electron chi connectivity index (χ4n) is 2.99. The SMILES string of the molecule is COc1ccc(-c2noc(-c3cc(C)cc(C)c3)c2CO)c(OC)c1. The standard InChI is InChI=1S/C20H21NO4/c1-12-7-13(2)9-14(8-12)20-17(11-22)19(21-25-20)16-6-5-15(23-3)10-18(16)24-4/h5-10,22H,11H2,1-4H3. The second-order valence-corrected chi connectivity index (χ2v) is 5.94. The Kier molecular flexibility index (Phi) is 4.76. The Labute approximate surface area is 146 Å². The maximum Gasteiger partial charge on any atom is 0.173 e. The van der Waals surface area contributed by atoms with Gasteiger partial charge < -0.3 is 19.1 Å². The molecule has 0 saturated heterocycles. The summed E-state index contributed by atoms with van der Waals surface area (Å²) in [4.78, 5) is 0. The molecule has 2 aromatic carbocycles. The van der Waals surface area contributed by atoms with E-state index in [0.717, 1.165) is 22.3 Å². The van der Waals surface area contributed by atoms with Crippen molar-refractivity contribution in [3.8, 4) is 34.1 Å². The molecule has 0 aliphatic carbocycles. The van der Waals surface area contributed by atoms with Gasteiger partial charge in [-0.15, -0.1) is 0 Å². The van der Waals surface area contributed by atoms with Crippen LogP contribution in [-0.2, 0) is 6.61 Å². The summed E-state index contributed by atoms with van der Waals surface area (Å²) in [5, 5.41) is 14.1. The third kappa shape index (κ3) is 3.23. The minimum atomic E-state index is -0.184.